The lowest BCUT2D eigenvalue weighted by atomic mass is 10.0. The van der Waals surface area contributed by atoms with Crippen molar-refractivity contribution in [1.82, 2.24) is 50.5 Å². The van der Waals surface area contributed by atoms with E-state index in [-0.39, 0.29) is 66.7 Å². The lowest BCUT2D eigenvalue weighted by Gasteiger charge is -2.27. The Morgan fingerprint density at radius 1 is 0.901 bits per heavy atom. The lowest BCUT2D eigenvalue weighted by molar-refractivity contribution is -0.138. The largest absolute Gasteiger partial charge is 0.421 e. The fourth-order valence-corrected chi connectivity index (χ4v) is 7.58. The van der Waals surface area contributed by atoms with Gasteiger partial charge in [-0.3, -0.25) is 43.5 Å². The number of rotatable bonds is 24. The fraction of sp³-hybridized carbons (Fsp3) is 0.372. The van der Waals surface area contributed by atoms with Crippen LogP contribution in [0.2, 0.25) is 0 Å². The Kier molecular flexibility index (Phi) is 16.4. The van der Waals surface area contributed by atoms with Crippen LogP contribution in [0.1, 0.15) is 60.9 Å². The number of hydrogen-bond donors (Lipinski definition) is 5. The van der Waals surface area contributed by atoms with E-state index in [0.717, 1.165) is 15.5 Å². The smallest absolute Gasteiger partial charge is 0.382 e. The molecule has 2 aliphatic rings. The van der Waals surface area contributed by atoms with E-state index in [9.17, 15) is 45.6 Å². The van der Waals surface area contributed by atoms with Gasteiger partial charge in [-0.15, -0.1) is 5.10 Å². The van der Waals surface area contributed by atoms with E-state index < -0.39 is 63.2 Å². The fourth-order valence-electron chi connectivity index (χ4n) is 7.11. The van der Waals surface area contributed by atoms with Gasteiger partial charge >= 0.3 is 6.18 Å². The first-order chi connectivity index (χ1) is 34.0. The van der Waals surface area contributed by atoms with Gasteiger partial charge in [0.15, 0.2) is 5.82 Å². The van der Waals surface area contributed by atoms with Gasteiger partial charge in [-0.2, -0.15) is 18.2 Å². The van der Waals surface area contributed by atoms with Crippen LogP contribution in [0.3, 0.4) is 0 Å². The van der Waals surface area contributed by atoms with Crippen LogP contribution in [0.5, 0.6) is 0 Å². The molecule has 5 amide bonds. The van der Waals surface area contributed by atoms with E-state index >= 15 is 0 Å². The van der Waals surface area contributed by atoms with E-state index in [1.165, 1.54) is 49.8 Å². The molecule has 0 radical (unpaired) electrons. The summed E-state index contributed by atoms with van der Waals surface area (Å²) in [5, 5.41) is 21.5. The second-order valence-electron chi connectivity index (χ2n) is 15.7. The number of halogens is 3. The third-order valence-electron chi connectivity index (χ3n) is 10.7. The van der Waals surface area contributed by atoms with Crippen molar-refractivity contribution < 1.29 is 59.8 Å². The average Bonchev–Trinajstić information content (AvgIpc) is 3.90. The van der Waals surface area contributed by atoms with Crippen LogP contribution in [-0.4, -0.2) is 143 Å². The molecule has 7 rings (SSSR count). The molecule has 0 aliphatic carbocycles. The van der Waals surface area contributed by atoms with Crippen molar-refractivity contribution >= 4 is 68.5 Å². The summed E-state index contributed by atoms with van der Waals surface area (Å²) in [5.74, 6) is -3.60. The van der Waals surface area contributed by atoms with Crippen molar-refractivity contribution in [2.45, 2.75) is 44.7 Å². The molecule has 71 heavy (non-hydrogen) atoms. The molecule has 0 bridgehead atoms. The standard InChI is InChI=1S/C43H47F3N14O10S/c1-58(71(2,66)67)37-32(47-12-13-49-37)24-50-36-30(43(44,45)46)23-52-42(55-36)53-27-8-6-26(7-9-27)38(62)51-22-28-25-59(57-56-28)15-17-69-19-21-70-20-18-68-16-14-48-31-5-3-4-29-35(31)41(65)60(40(29)64)33-10-11-34(61)54-39(33)63/h3-9,12-13,23,25,33,48H,10-11,14-22,24H2,1-2H3,(H,51,62)(H,54,61,63)(H2,50,52,53,55). The zero-order chi connectivity index (χ0) is 50.7. The number of anilines is 5. The first kappa shape index (κ1) is 51.2. The Labute approximate surface area is 403 Å². The summed E-state index contributed by atoms with van der Waals surface area (Å²) in [6.07, 6.45) is 1.01. The van der Waals surface area contributed by atoms with E-state index in [4.69, 9.17) is 14.2 Å². The number of sulfonamides is 1. The number of piperidine rings is 1. The maximum absolute atomic E-state index is 13.9. The molecular formula is C43H47F3N14O10S. The quantitative estimate of drug-likeness (QED) is 0.0437. The minimum Gasteiger partial charge on any atom is -0.382 e. The first-order valence-electron chi connectivity index (χ1n) is 21.8. The van der Waals surface area contributed by atoms with Crippen LogP contribution in [-0.2, 0) is 59.6 Å². The molecule has 1 fully saturated rings. The lowest BCUT2D eigenvalue weighted by Crippen LogP contribution is -2.54. The van der Waals surface area contributed by atoms with Crippen LogP contribution in [0.15, 0.2) is 67.3 Å². The maximum atomic E-state index is 13.9. The highest BCUT2D eigenvalue weighted by Crippen LogP contribution is 2.35. The topological polar surface area (TPSA) is 296 Å². The molecule has 2 aromatic carbocycles. The van der Waals surface area contributed by atoms with Gasteiger partial charge in [0.1, 0.15) is 28.8 Å². The number of imide groups is 2. The molecule has 2 aliphatic heterocycles. The summed E-state index contributed by atoms with van der Waals surface area (Å²) in [4.78, 5) is 79.9. The van der Waals surface area contributed by atoms with Crippen LogP contribution in [0, 0.1) is 0 Å². The van der Waals surface area contributed by atoms with E-state index in [1.807, 2.05) is 0 Å². The van der Waals surface area contributed by atoms with Crippen LogP contribution >= 0.6 is 0 Å². The number of nitrogens with one attached hydrogen (secondary N) is 5. The molecule has 5 aromatic rings. The van der Waals surface area contributed by atoms with Crippen molar-refractivity contribution in [1.29, 1.82) is 0 Å². The molecule has 376 valence electrons. The van der Waals surface area contributed by atoms with Gasteiger partial charge in [0.2, 0.25) is 27.8 Å². The minimum atomic E-state index is -4.83. The third-order valence-corrected chi connectivity index (χ3v) is 11.9. The normalized spacial score (nSPS) is 14.8. The van der Waals surface area contributed by atoms with Gasteiger partial charge in [-0.1, -0.05) is 11.3 Å². The highest BCUT2D eigenvalue weighted by Gasteiger charge is 2.45. The number of ether oxygens (including phenoxy) is 3. The van der Waals surface area contributed by atoms with Gasteiger partial charge in [0.25, 0.3) is 17.7 Å². The molecule has 24 nitrogen and oxygen atoms in total. The predicted octanol–water partition coefficient (Wildman–Crippen LogP) is 2.12. The molecular weight excluding hydrogens is 962 g/mol. The Hall–Kier alpha value is -7.69. The number of carbonyl (C=O) groups is 5. The Morgan fingerprint density at radius 2 is 1.62 bits per heavy atom. The summed E-state index contributed by atoms with van der Waals surface area (Å²) in [6.45, 7) is 2.24. The number of carbonyl (C=O) groups excluding carboxylic acids is 5. The Balaban J connectivity index is 0.763. The maximum Gasteiger partial charge on any atom is 0.421 e. The summed E-state index contributed by atoms with van der Waals surface area (Å²) >= 11 is 0. The highest BCUT2D eigenvalue weighted by atomic mass is 32.2. The van der Waals surface area contributed by atoms with Crippen LogP contribution in [0.4, 0.5) is 42.1 Å². The number of hydrogen-bond acceptors (Lipinski definition) is 19. The SMILES string of the molecule is CN(c1nccnc1CNc1nc(Nc2ccc(C(=O)NCc3cn(CCOCCOCCOCCNc4cccc5c4C(=O)N(C4CCC(=O)NC4=O)C5=O)nn3)cc2)ncc1C(F)(F)F)S(C)(=O)=O. The van der Waals surface area contributed by atoms with E-state index in [0.29, 0.717) is 69.4 Å². The summed E-state index contributed by atoms with van der Waals surface area (Å²) in [6, 6.07) is 9.79. The molecule has 28 heteroatoms. The number of aromatic nitrogens is 7. The van der Waals surface area contributed by atoms with Gasteiger partial charge in [0, 0.05) is 55.5 Å². The molecule has 1 saturated heterocycles. The molecule has 1 atom stereocenters. The summed E-state index contributed by atoms with van der Waals surface area (Å²) in [7, 11) is -2.50. The molecule has 0 saturated carbocycles. The molecule has 5 N–H and O–H groups in total. The Morgan fingerprint density at radius 3 is 2.34 bits per heavy atom. The van der Waals surface area contributed by atoms with Crippen LogP contribution in [0.25, 0.3) is 0 Å². The Bertz CT molecular complexity index is 2870. The van der Waals surface area contributed by atoms with E-state index in [2.05, 4.69) is 56.8 Å². The van der Waals surface area contributed by atoms with Gasteiger partial charge < -0.3 is 35.5 Å². The van der Waals surface area contributed by atoms with E-state index in [1.54, 1.807) is 23.0 Å². The number of alkyl halides is 3. The van der Waals surface area contributed by atoms with Gasteiger partial charge in [-0.05, 0) is 42.8 Å². The second kappa shape index (κ2) is 22.8. The molecule has 5 heterocycles. The monoisotopic (exact) mass is 1010 g/mol. The van der Waals surface area contributed by atoms with Crippen molar-refractivity contribution in [3.8, 4) is 0 Å². The third kappa shape index (κ3) is 13.1. The first-order valence-corrected chi connectivity index (χ1v) is 23.6. The van der Waals surface area contributed by atoms with Crippen molar-refractivity contribution in [2.75, 3.05) is 79.7 Å². The van der Waals surface area contributed by atoms with Crippen molar-refractivity contribution in [3.63, 3.8) is 0 Å². The number of fused-ring (bicyclic) bond motifs is 1. The minimum absolute atomic E-state index is 0.0326. The van der Waals surface area contributed by atoms with Crippen molar-refractivity contribution in [2.24, 2.45) is 0 Å². The summed E-state index contributed by atoms with van der Waals surface area (Å²) < 4.78 is 85.0. The van der Waals surface area contributed by atoms with Gasteiger partial charge in [0.05, 0.1) is 82.9 Å². The summed E-state index contributed by atoms with van der Waals surface area (Å²) in [5.41, 5.74) is 0.799. The molecule has 0 spiro atoms. The number of amides is 5. The number of benzene rings is 2. The van der Waals surface area contributed by atoms with Crippen molar-refractivity contribution in [3.05, 3.63) is 101 Å². The predicted molar refractivity (Wildman–Crippen MR) is 245 cm³/mol. The number of nitrogens with zero attached hydrogens (tertiary/aromatic N) is 9. The van der Waals surface area contributed by atoms with Gasteiger partial charge in [-0.25, -0.2) is 23.1 Å². The zero-order valence-electron chi connectivity index (χ0n) is 38.1. The van der Waals surface area contributed by atoms with Crippen LogP contribution < -0.4 is 30.9 Å². The second-order valence-corrected chi connectivity index (χ2v) is 17.7. The molecule has 1 unspecified atom stereocenters. The zero-order valence-corrected chi connectivity index (χ0v) is 38.9. The molecule has 3 aromatic heterocycles. The average molecular weight is 1010 g/mol. The highest BCUT2D eigenvalue weighted by molar-refractivity contribution is 7.92.